The third-order valence-corrected chi connectivity index (χ3v) is 4.19. The van der Waals surface area contributed by atoms with Gasteiger partial charge in [-0.1, -0.05) is 42.5 Å². The van der Waals surface area contributed by atoms with E-state index < -0.39 is 0 Å². The van der Waals surface area contributed by atoms with Crippen LogP contribution in [0.2, 0.25) is 0 Å². The average molecular weight is 293 g/mol. The molecule has 0 spiro atoms. The maximum Gasteiger partial charge on any atom is 0.226 e. The Labute approximate surface area is 130 Å². The van der Waals surface area contributed by atoms with E-state index in [1.807, 2.05) is 0 Å². The van der Waals surface area contributed by atoms with Crippen LogP contribution < -0.4 is 0 Å². The van der Waals surface area contributed by atoms with Gasteiger partial charge in [0.1, 0.15) is 0 Å². The minimum absolute atomic E-state index is 0.760. The molecule has 3 aliphatic rings. The number of allylic oxidation sites excluding steroid dienone is 3. The molecule has 1 aromatic carbocycles. The second-order valence-electron chi connectivity index (χ2n) is 5.69. The number of ether oxygens (including phenoxy) is 1. The number of guanidine groups is 1. The molecule has 0 N–H and O–H groups in total. The van der Waals surface area contributed by atoms with Crippen LogP contribution in [0.1, 0.15) is 12.0 Å². The zero-order valence-electron chi connectivity index (χ0n) is 12.5. The molecule has 4 rings (SSSR count). The van der Waals surface area contributed by atoms with Crippen molar-refractivity contribution in [1.82, 2.24) is 4.90 Å². The number of morpholine rings is 1. The van der Waals surface area contributed by atoms with Gasteiger partial charge in [0, 0.05) is 13.1 Å². The van der Waals surface area contributed by atoms with Crippen LogP contribution in [0.25, 0.3) is 0 Å². The van der Waals surface area contributed by atoms with Crippen LogP contribution >= 0.6 is 0 Å². The van der Waals surface area contributed by atoms with Crippen LogP contribution in [0.5, 0.6) is 0 Å². The van der Waals surface area contributed by atoms with Crippen molar-refractivity contribution in [3.05, 3.63) is 59.3 Å². The van der Waals surface area contributed by atoms with E-state index in [1.54, 1.807) is 0 Å². The molecule has 4 heteroatoms. The topological polar surface area (TPSA) is 37.2 Å². The molecule has 22 heavy (non-hydrogen) atoms. The summed E-state index contributed by atoms with van der Waals surface area (Å²) in [5, 5.41) is 0. The summed E-state index contributed by atoms with van der Waals surface area (Å²) in [6.45, 7) is 3.27. The molecule has 4 nitrogen and oxygen atoms in total. The van der Waals surface area contributed by atoms with Crippen molar-refractivity contribution in [2.75, 3.05) is 26.3 Å². The molecule has 2 aliphatic heterocycles. The van der Waals surface area contributed by atoms with Gasteiger partial charge in [-0.2, -0.15) is 0 Å². The number of nitrogens with zero attached hydrogens (tertiary/aromatic N) is 3. The van der Waals surface area contributed by atoms with Crippen molar-refractivity contribution in [2.45, 2.75) is 12.8 Å². The van der Waals surface area contributed by atoms with E-state index in [9.17, 15) is 0 Å². The lowest BCUT2D eigenvalue weighted by molar-refractivity contribution is 0.0677. The number of aliphatic imine (C=N–C) groups is 2. The van der Waals surface area contributed by atoms with Gasteiger partial charge in [0.25, 0.3) is 0 Å². The van der Waals surface area contributed by atoms with E-state index in [0.29, 0.717) is 0 Å². The first-order valence-electron chi connectivity index (χ1n) is 7.84. The van der Waals surface area contributed by atoms with E-state index in [1.165, 1.54) is 11.1 Å². The molecule has 1 aliphatic carbocycles. The molecule has 1 fully saturated rings. The quantitative estimate of drug-likeness (QED) is 0.840. The Morgan fingerprint density at radius 3 is 2.64 bits per heavy atom. The Morgan fingerprint density at radius 2 is 1.82 bits per heavy atom. The van der Waals surface area contributed by atoms with Gasteiger partial charge in [-0.3, -0.25) is 0 Å². The third kappa shape index (κ3) is 2.62. The fraction of sp³-hybridized carbons (Fsp3) is 0.333. The van der Waals surface area contributed by atoms with Crippen LogP contribution in [-0.4, -0.2) is 42.9 Å². The summed E-state index contributed by atoms with van der Waals surface area (Å²) in [7, 11) is 0. The predicted molar refractivity (Wildman–Crippen MR) is 88.2 cm³/mol. The lowest BCUT2D eigenvalue weighted by Crippen LogP contribution is -2.39. The van der Waals surface area contributed by atoms with E-state index >= 15 is 0 Å². The van der Waals surface area contributed by atoms with Crippen molar-refractivity contribution in [2.24, 2.45) is 9.98 Å². The number of benzene rings is 1. The molecule has 0 amide bonds. The first-order chi connectivity index (χ1) is 10.9. The number of rotatable bonds is 2. The smallest absolute Gasteiger partial charge is 0.226 e. The maximum atomic E-state index is 5.41. The normalized spacial score (nSPS) is 20.8. The van der Waals surface area contributed by atoms with Crippen LogP contribution in [0.3, 0.4) is 0 Å². The second kappa shape index (κ2) is 5.89. The number of hydrogen-bond acceptors (Lipinski definition) is 4. The molecular formula is C18H19N3O. The Bertz CT molecular complexity index is 680. The zero-order chi connectivity index (χ0) is 14.8. The molecule has 112 valence electrons. The Morgan fingerprint density at radius 1 is 1.00 bits per heavy atom. The highest BCUT2D eigenvalue weighted by molar-refractivity contribution is 6.21. The first kappa shape index (κ1) is 13.5. The molecule has 0 unspecified atom stereocenters. The number of fused-ring (bicyclic) bond motifs is 1. The summed E-state index contributed by atoms with van der Waals surface area (Å²) in [5.41, 5.74) is 4.69. The highest BCUT2D eigenvalue weighted by Crippen LogP contribution is 2.26. The summed E-state index contributed by atoms with van der Waals surface area (Å²) in [4.78, 5) is 11.8. The molecule has 0 saturated carbocycles. The van der Waals surface area contributed by atoms with Gasteiger partial charge >= 0.3 is 0 Å². The largest absolute Gasteiger partial charge is 0.378 e. The van der Waals surface area contributed by atoms with Crippen molar-refractivity contribution < 1.29 is 4.74 Å². The van der Waals surface area contributed by atoms with Crippen molar-refractivity contribution in [3.63, 3.8) is 0 Å². The summed E-state index contributed by atoms with van der Waals surface area (Å²) in [6.07, 6.45) is 6.30. The monoisotopic (exact) mass is 293 g/mol. The van der Waals surface area contributed by atoms with Gasteiger partial charge in [0.2, 0.25) is 5.96 Å². The zero-order valence-corrected chi connectivity index (χ0v) is 12.5. The minimum atomic E-state index is 0.760. The molecule has 1 aromatic rings. The summed E-state index contributed by atoms with van der Waals surface area (Å²) >= 11 is 0. The minimum Gasteiger partial charge on any atom is -0.378 e. The molecule has 0 atom stereocenters. The molecule has 0 radical (unpaired) electrons. The van der Waals surface area contributed by atoms with Gasteiger partial charge in [-0.15, -0.1) is 0 Å². The van der Waals surface area contributed by atoms with E-state index in [4.69, 9.17) is 14.7 Å². The highest BCUT2D eigenvalue weighted by atomic mass is 16.5. The fourth-order valence-electron chi connectivity index (χ4n) is 3.01. The van der Waals surface area contributed by atoms with E-state index in [0.717, 1.165) is 56.5 Å². The SMILES string of the molecule is C1=C(Cc2ccccc2)C2=NC(N3CCOCC3)=NC2=CC1. The third-order valence-electron chi connectivity index (χ3n) is 4.19. The lowest BCUT2D eigenvalue weighted by Gasteiger charge is -2.26. The Balaban J connectivity index is 1.56. The number of hydrogen-bond donors (Lipinski definition) is 0. The van der Waals surface area contributed by atoms with Crippen LogP contribution in [0.15, 0.2) is 63.7 Å². The van der Waals surface area contributed by atoms with Crippen molar-refractivity contribution in [1.29, 1.82) is 0 Å². The molecule has 0 aromatic heterocycles. The van der Waals surface area contributed by atoms with Crippen LogP contribution in [0, 0.1) is 0 Å². The Hall–Kier alpha value is -2.20. The van der Waals surface area contributed by atoms with Crippen LogP contribution in [-0.2, 0) is 11.2 Å². The van der Waals surface area contributed by atoms with Crippen LogP contribution in [0.4, 0.5) is 0 Å². The average Bonchev–Trinajstić information content (AvgIpc) is 3.02. The highest BCUT2D eigenvalue weighted by Gasteiger charge is 2.26. The summed E-state index contributed by atoms with van der Waals surface area (Å²) in [5.74, 6) is 0.852. The van der Waals surface area contributed by atoms with Gasteiger partial charge < -0.3 is 9.64 Å². The summed E-state index contributed by atoms with van der Waals surface area (Å²) < 4.78 is 5.41. The fourth-order valence-corrected chi connectivity index (χ4v) is 3.01. The standard InChI is InChI=1S/C18H19N3O/c1-2-5-14(6-3-1)13-15-7-4-8-16-17(15)20-18(19-16)21-9-11-22-12-10-21/h1-3,5-8H,4,9-13H2. The first-order valence-corrected chi connectivity index (χ1v) is 7.84. The molecule has 0 bridgehead atoms. The van der Waals surface area contributed by atoms with Gasteiger partial charge in [0.05, 0.1) is 24.6 Å². The van der Waals surface area contributed by atoms with Crippen molar-refractivity contribution in [3.8, 4) is 0 Å². The van der Waals surface area contributed by atoms with E-state index in [2.05, 4.69) is 47.4 Å². The van der Waals surface area contributed by atoms with Crippen molar-refractivity contribution >= 4 is 11.7 Å². The summed E-state index contributed by atoms with van der Waals surface area (Å²) in [6, 6.07) is 10.6. The predicted octanol–water partition coefficient (Wildman–Crippen LogP) is 2.59. The van der Waals surface area contributed by atoms with Gasteiger partial charge in [-0.25, -0.2) is 9.98 Å². The van der Waals surface area contributed by atoms with Gasteiger partial charge in [0.15, 0.2) is 0 Å². The van der Waals surface area contributed by atoms with E-state index in [-0.39, 0.29) is 0 Å². The Kier molecular flexibility index (Phi) is 3.60. The molecule has 1 saturated heterocycles. The molecular weight excluding hydrogens is 274 g/mol. The lowest BCUT2D eigenvalue weighted by atomic mass is 9.95. The second-order valence-corrected chi connectivity index (χ2v) is 5.69. The maximum absolute atomic E-state index is 5.41. The molecule has 2 heterocycles. The van der Waals surface area contributed by atoms with Gasteiger partial charge in [-0.05, 0) is 24.0 Å².